The number of nitrogens with zero attached hydrogens (tertiary/aromatic N) is 4. The summed E-state index contributed by atoms with van der Waals surface area (Å²) in [6, 6.07) is 24.8. The third-order valence-electron chi connectivity index (χ3n) is 6.51. The highest BCUT2D eigenvalue weighted by atomic mass is 32.2. The van der Waals surface area contributed by atoms with Crippen LogP contribution in [0.25, 0.3) is 5.69 Å². The highest BCUT2D eigenvalue weighted by Crippen LogP contribution is 2.30. The zero-order valence-corrected chi connectivity index (χ0v) is 23.7. The summed E-state index contributed by atoms with van der Waals surface area (Å²) in [5.74, 6) is -0.747. The van der Waals surface area contributed by atoms with Gasteiger partial charge in [-0.15, -0.1) is 10.2 Å². The van der Waals surface area contributed by atoms with Gasteiger partial charge in [0.25, 0.3) is 5.69 Å². The van der Waals surface area contributed by atoms with E-state index in [-0.39, 0.29) is 11.4 Å². The van der Waals surface area contributed by atoms with E-state index in [4.69, 9.17) is 0 Å². The number of halogens is 2. The monoisotopic (exact) mass is 600 g/mol. The summed E-state index contributed by atoms with van der Waals surface area (Å²) >= 11 is 1.43. The smallest absolute Gasteiger partial charge is 0.319 e. The van der Waals surface area contributed by atoms with Crippen molar-refractivity contribution in [3.05, 3.63) is 141 Å². The number of aryl methyl sites for hydroxylation is 1. The fraction of sp³-hybridized carbons (Fsp3) is 0.129. The van der Waals surface area contributed by atoms with Crippen molar-refractivity contribution < 1.29 is 18.5 Å². The van der Waals surface area contributed by atoms with Crippen LogP contribution in [0.2, 0.25) is 0 Å². The van der Waals surface area contributed by atoms with E-state index in [0.29, 0.717) is 34.9 Å². The van der Waals surface area contributed by atoms with Crippen LogP contribution in [-0.4, -0.2) is 25.7 Å². The Morgan fingerprint density at radius 2 is 1.70 bits per heavy atom. The number of aromatic nitrogens is 3. The van der Waals surface area contributed by atoms with Gasteiger partial charge in [0.1, 0.15) is 11.6 Å². The number of amides is 2. The van der Waals surface area contributed by atoms with E-state index in [0.717, 1.165) is 28.8 Å². The van der Waals surface area contributed by atoms with Crippen molar-refractivity contribution >= 4 is 29.2 Å². The van der Waals surface area contributed by atoms with Gasteiger partial charge in [-0.3, -0.25) is 14.7 Å². The SMILES string of the molecule is Cc1cccc(CSc2nnc(C(Cc3ccccc3)NC(=O)Nc3ccc(F)cc3F)n2-c2ccc([N+](=O)[O-])cc2)c1. The summed E-state index contributed by atoms with van der Waals surface area (Å²) in [6.07, 6.45) is 0.299. The molecule has 2 N–H and O–H groups in total. The van der Waals surface area contributed by atoms with Gasteiger partial charge in [-0.2, -0.15) is 0 Å². The predicted molar refractivity (Wildman–Crippen MR) is 160 cm³/mol. The molecule has 0 aliphatic heterocycles. The van der Waals surface area contributed by atoms with Gasteiger partial charge in [0.15, 0.2) is 11.0 Å². The van der Waals surface area contributed by atoms with E-state index in [9.17, 15) is 23.7 Å². The van der Waals surface area contributed by atoms with Crippen molar-refractivity contribution in [3.8, 4) is 5.69 Å². The van der Waals surface area contributed by atoms with Crippen molar-refractivity contribution in [2.75, 3.05) is 5.32 Å². The average molecular weight is 601 g/mol. The van der Waals surface area contributed by atoms with E-state index in [1.807, 2.05) is 55.5 Å². The second-order valence-corrected chi connectivity index (χ2v) is 10.6. The van der Waals surface area contributed by atoms with Crippen LogP contribution in [0.3, 0.4) is 0 Å². The first-order valence-electron chi connectivity index (χ1n) is 13.2. The minimum absolute atomic E-state index is 0.0769. The van der Waals surface area contributed by atoms with Crippen molar-refractivity contribution in [1.82, 2.24) is 20.1 Å². The fourth-order valence-corrected chi connectivity index (χ4v) is 5.38. The third-order valence-corrected chi connectivity index (χ3v) is 7.51. The van der Waals surface area contributed by atoms with Crippen molar-refractivity contribution in [2.45, 2.75) is 30.3 Å². The Labute approximate surface area is 250 Å². The molecule has 0 fully saturated rings. The van der Waals surface area contributed by atoms with Gasteiger partial charge in [0.05, 0.1) is 16.7 Å². The molecule has 5 aromatic rings. The van der Waals surface area contributed by atoms with Gasteiger partial charge in [-0.05, 0) is 42.3 Å². The van der Waals surface area contributed by atoms with Crippen LogP contribution in [-0.2, 0) is 12.2 Å². The van der Waals surface area contributed by atoms with Crippen LogP contribution >= 0.6 is 11.8 Å². The molecule has 1 heterocycles. The molecule has 43 heavy (non-hydrogen) atoms. The lowest BCUT2D eigenvalue weighted by Crippen LogP contribution is -2.35. The molecule has 0 spiro atoms. The number of anilines is 1. The number of nitro groups is 1. The second kappa shape index (κ2) is 13.3. The molecule has 0 radical (unpaired) electrons. The minimum atomic E-state index is -0.918. The lowest BCUT2D eigenvalue weighted by atomic mass is 10.1. The number of non-ortho nitro benzene ring substituents is 1. The first-order valence-corrected chi connectivity index (χ1v) is 14.2. The number of carbonyl (C=O) groups is 1. The zero-order valence-electron chi connectivity index (χ0n) is 22.9. The summed E-state index contributed by atoms with van der Waals surface area (Å²) in [5.41, 5.74) is 3.36. The fourth-order valence-electron chi connectivity index (χ4n) is 4.48. The maximum atomic E-state index is 14.3. The largest absolute Gasteiger partial charge is 0.327 e. The molecule has 12 heteroatoms. The number of hydrogen-bond donors (Lipinski definition) is 2. The van der Waals surface area contributed by atoms with Crippen LogP contribution in [0, 0.1) is 28.7 Å². The van der Waals surface area contributed by atoms with E-state index < -0.39 is 28.6 Å². The Morgan fingerprint density at radius 1 is 0.953 bits per heavy atom. The molecule has 1 aromatic heterocycles. The summed E-state index contributed by atoms with van der Waals surface area (Å²) in [5, 5.41) is 26.0. The highest BCUT2D eigenvalue weighted by Gasteiger charge is 2.26. The third kappa shape index (κ3) is 7.41. The van der Waals surface area contributed by atoms with E-state index in [1.54, 1.807) is 16.7 Å². The minimum Gasteiger partial charge on any atom is -0.327 e. The standard InChI is InChI=1S/C31H26F2N6O3S/c1-20-6-5-9-22(16-20)19-43-31-37-36-29(38(31)24-11-13-25(14-12-24)39(41)42)28(17-21-7-3-2-4-8-21)35-30(40)34-27-15-10-23(32)18-26(27)33/h2-16,18,28H,17,19H2,1H3,(H2,34,35,40). The summed E-state index contributed by atoms with van der Waals surface area (Å²) in [6.45, 7) is 2.01. The highest BCUT2D eigenvalue weighted by molar-refractivity contribution is 7.98. The lowest BCUT2D eigenvalue weighted by Gasteiger charge is -2.21. The van der Waals surface area contributed by atoms with Gasteiger partial charge in [-0.1, -0.05) is 71.9 Å². The molecule has 0 bridgehead atoms. The van der Waals surface area contributed by atoms with Crippen LogP contribution in [0.15, 0.2) is 102 Å². The topological polar surface area (TPSA) is 115 Å². The normalized spacial score (nSPS) is 11.6. The number of hydrogen-bond acceptors (Lipinski definition) is 6. The predicted octanol–water partition coefficient (Wildman–Crippen LogP) is 7.16. The summed E-state index contributed by atoms with van der Waals surface area (Å²) < 4.78 is 29.4. The molecule has 1 atom stereocenters. The summed E-state index contributed by atoms with van der Waals surface area (Å²) in [7, 11) is 0. The number of carbonyl (C=O) groups excluding carboxylic acids is 1. The molecule has 0 saturated heterocycles. The van der Waals surface area contributed by atoms with Crippen LogP contribution in [0.5, 0.6) is 0 Å². The molecule has 0 aliphatic rings. The zero-order chi connectivity index (χ0) is 30.3. The Balaban J connectivity index is 1.52. The molecule has 2 amide bonds. The van der Waals surface area contributed by atoms with E-state index >= 15 is 0 Å². The molecule has 0 saturated carbocycles. The number of thioether (sulfide) groups is 1. The number of nitrogens with one attached hydrogen (secondary N) is 2. The molecule has 218 valence electrons. The molecule has 9 nitrogen and oxygen atoms in total. The van der Waals surface area contributed by atoms with Gasteiger partial charge in [-0.25, -0.2) is 13.6 Å². The summed E-state index contributed by atoms with van der Waals surface area (Å²) in [4.78, 5) is 23.9. The van der Waals surface area contributed by atoms with Gasteiger partial charge < -0.3 is 10.6 Å². The molecular weight excluding hydrogens is 574 g/mol. The van der Waals surface area contributed by atoms with Crippen molar-refractivity contribution in [3.63, 3.8) is 0 Å². The number of urea groups is 1. The average Bonchev–Trinajstić information content (AvgIpc) is 3.42. The first-order chi connectivity index (χ1) is 20.8. The first kappa shape index (κ1) is 29.4. The van der Waals surface area contributed by atoms with Crippen molar-refractivity contribution in [1.29, 1.82) is 0 Å². The molecule has 0 aliphatic carbocycles. The van der Waals surface area contributed by atoms with Gasteiger partial charge in [0, 0.05) is 36.1 Å². The van der Waals surface area contributed by atoms with Crippen molar-refractivity contribution in [2.24, 2.45) is 0 Å². The van der Waals surface area contributed by atoms with Gasteiger partial charge in [0.2, 0.25) is 0 Å². The Bertz CT molecular complexity index is 1750. The van der Waals surface area contributed by atoms with Crippen LogP contribution in [0.1, 0.15) is 28.6 Å². The number of nitro benzene ring substituents is 1. The second-order valence-electron chi connectivity index (χ2n) is 9.69. The Hall–Kier alpha value is -5.10. The van der Waals surface area contributed by atoms with Crippen LogP contribution in [0.4, 0.5) is 25.0 Å². The quantitative estimate of drug-likeness (QED) is 0.0999. The Morgan fingerprint density at radius 3 is 2.40 bits per heavy atom. The Kier molecular flexibility index (Phi) is 9.06. The molecule has 5 rings (SSSR count). The molecular formula is C31H26F2N6O3S. The van der Waals surface area contributed by atoms with Gasteiger partial charge >= 0.3 is 6.03 Å². The molecule has 1 unspecified atom stereocenters. The van der Waals surface area contributed by atoms with E-state index in [2.05, 4.69) is 26.9 Å². The number of rotatable bonds is 10. The maximum absolute atomic E-state index is 14.3. The maximum Gasteiger partial charge on any atom is 0.319 e. The lowest BCUT2D eigenvalue weighted by molar-refractivity contribution is -0.384. The van der Waals surface area contributed by atoms with Crippen LogP contribution < -0.4 is 10.6 Å². The number of benzene rings is 4. The van der Waals surface area contributed by atoms with E-state index in [1.165, 1.54) is 23.9 Å². The molecule has 4 aromatic carbocycles.